The maximum absolute atomic E-state index is 12.4. The van der Waals surface area contributed by atoms with Gasteiger partial charge in [0.25, 0.3) is 5.91 Å². The van der Waals surface area contributed by atoms with Gasteiger partial charge in [-0.15, -0.1) is 11.3 Å². The Morgan fingerprint density at radius 2 is 1.85 bits per heavy atom. The number of anilines is 1. The predicted octanol–water partition coefficient (Wildman–Crippen LogP) is 4.54. The van der Waals surface area contributed by atoms with E-state index in [0.717, 1.165) is 45.3 Å². The molecule has 0 unspecified atom stereocenters. The molecule has 4 rings (SSSR count). The van der Waals surface area contributed by atoms with Crippen LogP contribution in [0.3, 0.4) is 0 Å². The summed E-state index contributed by atoms with van der Waals surface area (Å²) >= 11 is 1.54. The van der Waals surface area contributed by atoms with E-state index < -0.39 is 0 Å². The van der Waals surface area contributed by atoms with Crippen molar-refractivity contribution in [1.29, 1.82) is 0 Å². The molecule has 2 aromatic carbocycles. The second-order valence-electron chi connectivity index (χ2n) is 6.15. The van der Waals surface area contributed by atoms with Gasteiger partial charge in [-0.3, -0.25) is 4.79 Å². The van der Waals surface area contributed by atoms with Crippen LogP contribution in [0.5, 0.6) is 5.75 Å². The number of carbonyl (C=O) groups excluding carboxylic acids is 1. The minimum atomic E-state index is -0.0124. The third-order valence-corrected chi connectivity index (χ3v) is 5.50. The van der Waals surface area contributed by atoms with Crippen molar-refractivity contribution in [1.82, 2.24) is 5.32 Å². The molecule has 0 fully saturated rings. The zero-order valence-corrected chi connectivity index (χ0v) is 15.1. The second kappa shape index (κ2) is 7.62. The Morgan fingerprint density at radius 3 is 2.73 bits per heavy atom. The summed E-state index contributed by atoms with van der Waals surface area (Å²) in [5, 5.41) is 6.35. The van der Waals surface area contributed by atoms with Gasteiger partial charge in [0.15, 0.2) is 0 Å². The van der Waals surface area contributed by atoms with Gasteiger partial charge in [0.05, 0.1) is 4.88 Å². The van der Waals surface area contributed by atoms with E-state index >= 15 is 0 Å². The summed E-state index contributed by atoms with van der Waals surface area (Å²) in [6.45, 7) is 2.00. The molecule has 1 aliphatic rings. The number of thiophene rings is 1. The summed E-state index contributed by atoms with van der Waals surface area (Å²) in [5.41, 5.74) is 3.26. The molecule has 2 heterocycles. The van der Waals surface area contributed by atoms with Gasteiger partial charge >= 0.3 is 0 Å². The first-order valence-corrected chi connectivity index (χ1v) is 9.55. The number of fused-ring (bicyclic) bond motifs is 3. The quantitative estimate of drug-likeness (QED) is 0.632. The Kier molecular flexibility index (Phi) is 4.88. The van der Waals surface area contributed by atoms with Gasteiger partial charge < -0.3 is 15.4 Å². The summed E-state index contributed by atoms with van der Waals surface area (Å²) in [7, 11) is 0. The minimum absolute atomic E-state index is 0.0124. The van der Waals surface area contributed by atoms with Crippen molar-refractivity contribution in [2.75, 3.05) is 18.4 Å². The van der Waals surface area contributed by atoms with Crippen molar-refractivity contribution >= 4 is 22.9 Å². The summed E-state index contributed by atoms with van der Waals surface area (Å²) in [5.74, 6) is 0.877. The molecular formula is C21H20N2O2S. The average Bonchev–Trinajstić information content (AvgIpc) is 3.13. The molecule has 5 heteroatoms. The molecule has 0 spiro atoms. The molecule has 0 aliphatic carbocycles. The summed E-state index contributed by atoms with van der Waals surface area (Å²) in [6, 6.07) is 20.0. The molecule has 0 saturated heterocycles. The molecule has 26 heavy (non-hydrogen) atoms. The number of benzene rings is 2. The number of ether oxygens (including phenoxy) is 1. The summed E-state index contributed by atoms with van der Waals surface area (Å²) in [4.78, 5) is 14.3. The lowest BCUT2D eigenvalue weighted by molar-refractivity contribution is 0.0957. The van der Waals surface area contributed by atoms with E-state index in [2.05, 4.69) is 10.6 Å². The Bertz CT molecular complexity index is 905. The molecular weight excluding hydrogens is 344 g/mol. The lowest BCUT2D eigenvalue weighted by Gasteiger charge is -2.16. The first-order valence-electron chi connectivity index (χ1n) is 8.73. The lowest BCUT2D eigenvalue weighted by Crippen LogP contribution is -2.25. The Hall–Kier alpha value is -2.79. The topological polar surface area (TPSA) is 50.4 Å². The van der Waals surface area contributed by atoms with E-state index in [1.807, 2.05) is 60.7 Å². The highest BCUT2D eigenvalue weighted by Gasteiger charge is 2.22. The number of hydrogen-bond acceptors (Lipinski definition) is 4. The molecule has 0 atom stereocenters. The van der Waals surface area contributed by atoms with Crippen LogP contribution in [-0.4, -0.2) is 19.0 Å². The number of carbonyl (C=O) groups is 1. The van der Waals surface area contributed by atoms with Crippen molar-refractivity contribution in [2.24, 2.45) is 0 Å². The van der Waals surface area contributed by atoms with E-state index in [1.165, 1.54) is 11.3 Å². The van der Waals surface area contributed by atoms with Gasteiger partial charge in [0.1, 0.15) is 12.4 Å². The van der Waals surface area contributed by atoms with E-state index in [0.29, 0.717) is 13.2 Å². The molecule has 1 aliphatic heterocycles. The average molecular weight is 364 g/mol. The SMILES string of the molecule is O=C(NCCCNc1ccccc1)c1cc2c(s1)-c1ccccc1OC2. The smallest absolute Gasteiger partial charge is 0.261 e. The van der Waals surface area contributed by atoms with Crippen LogP contribution in [0, 0.1) is 0 Å². The van der Waals surface area contributed by atoms with Gasteiger partial charge in [0.2, 0.25) is 0 Å². The Balaban J connectivity index is 1.32. The third-order valence-electron chi connectivity index (χ3n) is 4.29. The number of nitrogens with one attached hydrogen (secondary N) is 2. The molecule has 3 aromatic rings. The van der Waals surface area contributed by atoms with E-state index in [1.54, 1.807) is 0 Å². The molecule has 132 valence electrons. The normalized spacial score (nSPS) is 11.8. The van der Waals surface area contributed by atoms with Crippen molar-refractivity contribution in [3.05, 3.63) is 71.1 Å². The summed E-state index contributed by atoms with van der Waals surface area (Å²) in [6.07, 6.45) is 0.873. The first-order chi connectivity index (χ1) is 12.8. The molecule has 1 aromatic heterocycles. The van der Waals surface area contributed by atoms with Gasteiger partial charge in [-0.25, -0.2) is 0 Å². The Labute approximate surface area is 156 Å². The molecule has 2 N–H and O–H groups in total. The van der Waals surface area contributed by atoms with Gasteiger partial charge in [-0.2, -0.15) is 0 Å². The van der Waals surface area contributed by atoms with Crippen LogP contribution >= 0.6 is 11.3 Å². The maximum atomic E-state index is 12.4. The number of rotatable bonds is 6. The summed E-state index contributed by atoms with van der Waals surface area (Å²) < 4.78 is 5.76. The largest absolute Gasteiger partial charge is 0.488 e. The van der Waals surface area contributed by atoms with Crippen LogP contribution in [-0.2, 0) is 6.61 Å². The molecule has 0 radical (unpaired) electrons. The van der Waals surface area contributed by atoms with E-state index in [-0.39, 0.29) is 5.91 Å². The van der Waals surface area contributed by atoms with Crippen LogP contribution < -0.4 is 15.4 Å². The Morgan fingerprint density at radius 1 is 1.04 bits per heavy atom. The van der Waals surface area contributed by atoms with Gasteiger partial charge in [-0.1, -0.05) is 30.3 Å². The van der Waals surface area contributed by atoms with Crippen molar-refractivity contribution < 1.29 is 9.53 Å². The van der Waals surface area contributed by atoms with Crippen LogP contribution in [0.2, 0.25) is 0 Å². The van der Waals surface area contributed by atoms with Crippen molar-refractivity contribution in [2.45, 2.75) is 13.0 Å². The van der Waals surface area contributed by atoms with E-state index in [9.17, 15) is 4.79 Å². The third kappa shape index (κ3) is 3.58. The predicted molar refractivity (Wildman–Crippen MR) is 106 cm³/mol. The molecule has 0 bridgehead atoms. The highest BCUT2D eigenvalue weighted by molar-refractivity contribution is 7.17. The maximum Gasteiger partial charge on any atom is 0.261 e. The monoisotopic (exact) mass is 364 g/mol. The number of para-hydroxylation sites is 2. The zero-order valence-electron chi connectivity index (χ0n) is 14.3. The standard InChI is InChI=1S/C21H20N2O2S/c24-21(23-12-6-11-22-16-7-2-1-3-8-16)19-13-15-14-25-18-10-5-4-9-17(18)20(15)26-19/h1-5,7-10,13,22H,6,11-12,14H2,(H,23,24). The van der Waals surface area contributed by atoms with Crippen LogP contribution in [0.4, 0.5) is 5.69 Å². The highest BCUT2D eigenvalue weighted by Crippen LogP contribution is 2.42. The van der Waals surface area contributed by atoms with Gasteiger partial charge in [0, 0.05) is 34.8 Å². The first kappa shape index (κ1) is 16.7. The number of hydrogen-bond donors (Lipinski definition) is 2. The zero-order chi connectivity index (χ0) is 17.8. The minimum Gasteiger partial charge on any atom is -0.488 e. The van der Waals surface area contributed by atoms with Gasteiger partial charge in [-0.05, 0) is 36.8 Å². The fraction of sp³-hybridized carbons (Fsp3) is 0.190. The second-order valence-corrected chi connectivity index (χ2v) is 7.20. The lowest BCUT2D eigenvalue weighted by atomic mass is 10.1. The van der Waals surface area contributed by atoms with Crippen LogP contribution in [0.1, 0.15) is 21.7 Å². The molecule has 0 saturated carbocycles. The molecule has 4 nitrogen and oxygen atoms in total. The van der Waals surface area contributed by atoms with Crippen LogP contribution in [0.25, 0.3) is 10.4 Å². The van der Waals surface area contributed by atoms with Crippen molar-refractivity contribution in [3.63, 3.8) is 0 Å². The van der Waals surface area contributed by atoms with Crippen LogP contribution in [0.15, 0.2) is 60.7 Å². The van der Waals surface area contributed by atoms with Crippen molar-refractivity contribution in [3.8, 4) is 16.2 Å². The fourth-order valence-corrected chi connectivity index (χ4v) is 4.09. The number of amides is 1. The molecule has 1 amide bonds. The van der Waals surface area contributed by atoms with E-state index in [4.69, 9.17) is 4.74 Å². The fourth-order valence-electron chi connectivity index (χ4n) is 2.98. The highest BCUT2D eigenvalue weighted by atomic mass is 32.1.